The minimum Gasteiger partial charge on any atom is -0.382 e. The van der Waals surface area contributed by atoms with E-state index in [0.717, 1.165) is 13.1 Å². The molecule has 2 unspecified atom stereocenters. The lowest BCUT2D eigenvalue weighted by molar-refractivity contribution is -0.0681. The van der Waals surface area contributed by atoms with Gasteiger partial charge in [-0.25, -0.2) is 0 Å². The average molecular weight is 167 g/mol. The van der Waals surface area contributed by atoms with Crippen molar-refractivity contribution in [3.63, 3.8) is 0 Å². The van der Waals surface area contributed by atoms with Crippen LogP contribution in [0.25, 0.3) is 0 Å². The van der Waals surface area contributed by atoms with Crippen molar-refractivity contribution in [2.75, 3.05) is 13.1 Å². The summed E-state index contributed by atoms with van der Waals surface area (Å²) in [6.45, 7) is 10.5. The van der Waals surface area contributed by atoms with Gasteiger partial charge in [-0.1, -0.05) is 0 Å². The highest BCUT2D eigenvalue weighted by Gasteiger charge is 2.29. The normalized spacial score (nSPS) is 33.7. The number of nitrogens with zero attached hydrogens (tertiary/aromatic N) is 1. The second-order valence-corrected chi connectivity index (χ2v) is 4.56. The summed E-state index contributed by atoms with van der Waals surface area (Å²) in [6, 6.07) is -0.118. The molecule has 0 aromatic heterocycles. The highest BCUT2D eigenvalue weighted by atomic mass is 16.5. The third-order valence-corrected chi connectivity index (χ3v) is 2.23. The van der Waals surface area contributed by atoms with Gasteiger partial charge in [0.25, 0.3) is 0 Å². The van der Waals surface area contributed by atoms with Crippen LogP contribution in [0.2, 0.25) is 0 Å². The van der Waals surface area contributed by atoms with Gasteiger partial charge >= 0.3 is 0 Å². The Labute approximate surface area is 76.7 Å². The smallest absolute Gasteiger partial charge is 0.110 e. The van der Waals surface area contributed by atoms with E-state index in [1.807, 2.05) is 0 Å². The Hall–Kier alpha value is -0.0151. The molecule has 0 N–H and O–H groups in total. The SMILES string of the molecule is [B]C1CN(C(C)(C)C)CC(C)O1. The molecule has 1 rings (SSSR count). The first-order valence-corrected chi connectivity index (χ1v) is 4.55. The fraction of sp³-hybridized carbons (Fsp3) is 1.00. The molecule has 1 heterocycles. The van der Waals surface area contributed by atoms with Gasteiger partial charge < -0.3 is 4.74 Å². The van der Waals surface area contributed by atoms with Crippen molar-refractivity contribution in [2.45, 2.75) is 45.3 Å². The molecule has 3 heteroatoms. The van der Waals surface area contributed by atoms with Gasteiger partial charge in [0, 0.05) is 24.6 Å². The van der Waals surface area contributed by atoms with Crippen LogP contribution in [0.1, 0.15) is 27.7 Å². The van der Waals surface area contributed by atoms with Crippen molar-refractivity contribution < 1.29 is 4.74 Å². The predicted molar refractivity (Wildman–Crippen MR) is 51.4 cm³/mol. The summed E-state index contributed by atoms with van der Waals surface area (Å²) in [4.78, 5) is 2.37. The Morgan fingerprint density at radius 3 is 2.33 bits per heavy atom. The Bertz CT molecular complexity index is 145. The lowest BCUT2D eigenvalue weighted by Gasteiger charge is -2.43. The van der Waals surface area contributed by atoms with Crippen LogP contribution in [0.3, 0.4) is 0 Å². The highest BCUT2D eigenvalue weighted by Crippen LogP contribution is 2.19. The second kappa shape index (κ2) is 3.39. The van der Waals surface area contributed by atoms with Gasteiger partial charge in [-0.15, -0.1) is 0 Å². The molecule has 68 valence electrons. The Balaban J connectivity index is 2.55. The van der Waals surface area contributed by atoms with E-state index >= 15 is 0 Å². The number of ether oxygens (including phenoxy) is 1. The van der Waals surface area contributed by atoms with E-state index in [0.29, 0.717) is 0 Å². The van der Waals surface area contributed by atoms with Crippen molar-refractivity contribution >= 4 is 7.85 Å². The molecule has 1 aliphatic heterocycles. The van der Waals surface area contributed by atoms with Crippen molar-refractivity contribution in [1.29, 1.82) is 0 Å². The maximum absolute atomic E-state index is 5.75. The van der Waals surface area contributed by atoms with Gasteiger partial charge in [0.1, 0.15) is 7.85 Å². The van der Waals surface area contributed by atoms with Crippen LogP contribution in [-0.4, -0.2) is 43.5 Å². The van der Waals surface area contributed by atoms with E-state index < -0.39 is 0 Å². The molecule has 2 nitrogen and oxygen atoms in total. The molecule has 0 aliphatic carbocycles. The quantitative estimate of drug-likeness (QED) is 0.499. The summed E-state index contributed by atoms with van der Waals surface area (Å²) in [6.07, 6.45) is 0.257. The molecule has 1 saturated heterocycles. The van der Waals surface area contributed by atoms with E-state index in [-0.39, 0.29) is 17.6 Å². The third-order valence-electron chi connectivity index (χ3n) is 2.23. The van der Waals surface area contributed by atoms with E-state index in [1.54, 1.807) is 0 Å². The minimum atomic E-state index is -0.118. The van der Waals surface area contributed by atoms with Crippen LogP contribution < -0.4 is 0 Å². The van der Waals surface area contributed by atoms with Crippen LogP contribution in [-0.2, 0) is 4.74 Å². The summed E-state index contributed by atoms with van der Waals surface area (Å²) >= 11 is 0. The average Bonchev–Trinajstić information content (AvgIpc) is 1.82. The van der Waals surface area contributed by atoms with Gasteiger partial charge in [0.05, 0.1) is 6.10 Å². The van der Waals surface area contributed by atoms with E-state index in [4.69, 9.17) is 12.6 Å². The molecular weight excluding hydrogens is 149 g/mol. The molecular formula is C9H18BNO. The van der Waals surface area contributed by atoms with Crippen molar-refractivity contribution in [2.24, 2.45) is 0 Å². The first-order valence-electron chi connectivity index (χ1n) is 4.55. The molecule has 2 radical (unpaired) electrons. The first-order chi connectivity index (χ1) is 5.39. The predicted octanol–water partition coefficient (Wildman–Crippen LogP) is 1.00. The third kappa shape index (κ3) is 2.49. The molecule has 1 fully saturated rings. The molecule has 0 aromatic rings. The maximum Gasteiger partial charge on any atom is 0.110 e. The molecule has 2 atom stereocenters. The van der Waals surface area contributed by atoms with E-state index in [9.17, 15) is 0 Å². The lowest BCUT2D eigenvalue weighted by Crippen LogP contribution is -2.54. The zero-order chi connectivity index (χ0) is 9.35. The summed E-state index contributed by atoms with van der Waals surface area (Å²) in [7, 11) is 5.75. The lowest BCUT2D eigenvalue weighted by atomic mass is 9.94. The Kier molecular flexibility index (Phi) is 2.84. The monoisotopic (exact) mass is 167 g/mol. The summed E-state index contributed by atoms with van der Waals surface area (Å²) in [5.41, 5.74) is 0.204. The number of morpholine rings is 1. The largest absolute Gasteiger partial charge is 0.382 e. The van der Waals surface area contributed by atoms with Crippen LogP contribution in [0.4, 0.5) is 0 Å². The van der Waals surface area contributed by atoms with E-state index in [2.05, 4.69) is 32.6 Å². The topological polar surface area (TPSA) is 12.5 Å². The van der Waals surface area contributed by atoms with Crippen molar-refractivity contribution in [3.8, 4) is 0 Å². The highest BCUT2D eigenvalue weighted by molar-refractivity contribution is 6.11. The summed E-state index contributed by atoms with van der Waals surface area (Å²) in [5, 5.41) is 0. The first kappa shape index (κ1) is 10.1. The molecule has 0 amide bonds. The molecule has 1 aliphatic rings. The number of hydrogen-bond donors (Lipinski definition) is 0. The zero-order valence-corrected chi connectivity index (χ0v) is 8.50. The molecule has 0 saturated carbocycles. The summed E-state index contributed by atoms with van der Waals surface area (Å²) < 4.78 is 5.45. The fourth-order valence-corrected chi connectivity index (χ4v) is 1.53. The van der Waals surface area contributed by atoms with Crippen LogP contribution in [0.15, 0.2) is 0 Å². The van der Waals surface area contributed by atoms with Crippen LogP contribution in [0.5, 0.6) is 0 Å². The standard InChI is InChI=1S/C9H18BNO/c1-7-5-11(9(2,3)4)6-8(10)12-7/h7-8H,5-6H2,1-4H3. The maximum atomic E-state index is 5.75. The van der Waals surface area contributed by atoms with E-state index in [1.165, 1.54) is 0 Å². The van der Waals surface area contributed by atoms with Gasteiger partial charge in [-0.2, -0.15) is 0 Å². The van der Waals surface area contributed by atoms with Gasteiger partial charge in [-0.05, 0) is 27.7 Å². The van der Waals surface area contributed by atoms with Gasteiger partial charge in [0.2, 0.25) is 0 Å². The molecule has 12 heavy (non-hydrogen) atoms. The number of hydrogen-bond acceptors (Lipinski definition) is 2. The van der Waals surface area contributed by atoms with Crippen molar-refractivity contribution in [1.82, 2.24) is 4.90 Å². The van der Waals surface area contributed by atoms with Gasteiger partial charge in [-0.3, -0.25) is 4.90 Å². The molecule has 0 spiro atoms. The second-order valence-electron chi connectivity index (χ2n) is 4.56. The summed E-state index contributed by atoms with van der Waals surface area (Å²) in [5.74, 6) is 0. The minimum absolute atomic E-state index is 0.118. The number of rotatable bonds is 0. The Morgan fingerprint density at radius 2 is 1.92 bits per heavy atom. The Morgan fingerprint density at radius 1 is 1.33 bits per heavy atom. The molecule has 0 aromatic carbocycles. The van der Waals surface area contributed by atoms with Crippen molar-refractivity contribution in [3.05, 3.63) is 0 Å². The fourth-order valence-electron chi connectivity index (χ4n) is 1.53. The molecule has 0 bridgehead atoms. The van der Waals surface area contributed by atoms with Crippen LogP contribution in [0, 0.1) is 0 Å². The van der Waals surface area contributed by atoms with Gasteiger partial charge in [0.15, 0.2) is 0 Å². The van der Waals surface area contributed by atoms with Crippen LogP contribution >= 0.6 is 0 Å². The zero-order valence-electron chi connectivity index (χ0n) is 8.50.